The molecule has 0 amide bonds. The van der Waals surface area contributed by atoms with E-state index in [1.807, 2.05) is 17.5 Å². The van der Waals surface area contributed by atoms with E-state index in [0.717, 1.165) is 13.0 Å². The molecule has 0 unspecified atom stereocenters. The van der Waals surface area contributed by atoms with Gasteiger partial charge in [-0.3, -0.25) is 0 Å². The van der Waals surface area contributed by atoms with Crippen LogP contribution < -0.4 is 5.32 Å². The number of anilines is 1. The van der Waals surface area contributed by atoms with Crippen molar-refractivity contribution in [3.05, 3.63) is 52.3 Å². The number of H-pyrrole nitrogens is 1. The van der Waals surface area contributed by atoms with Crippen molar-refractivity contribution in [3.8, 4) is 0 Å². The molecule has 1 aromatic carbocycles. The molecule has 0 fully saturated rings. The Kier molecular flexibility index (Phi) is 3.07. The van der Waals surface area contributed by atoms with Gasteiger partial charge in [0, 0.05) is 39.1 Å². The van der Waals surface area contributed by atoms with Crippen LogP contribution >= 0.6 is 11.3 Å². The second-order valence-electron chi connectivity index (χ2n) is 4.35. The third kappa shape index (κ3) is 2.27. The third-order valence-electron chi connectivity index (χ3n) is 3.09. The topological polar surface area (TPSA) is 27.8 Å². The van der Waals surface area contributed by atoms with Gasteiger partial charge in [0.25, 0.3) is 0 Å². The minimum Gasteiger partial charge on any atom is -0.380 e. The predicted molar refractivity (Wildman–Crippen MR) is 79.3 cm³/mol. The van der Waals surface area contributed by atoms with Crippen LogP contribution in [0.25, 0.3) is 10.9 Å². The van der Waals surface area contributed by atoms with Crippen molar-refractivity contribution in [2.45, 2.75) is 19.9 Å². The molecule has 3 aromatic rings. The molecule has 3 rings (SSSR count). The lowest BCUT2D eigenvalue weighted by Crippen LogP contribution is -1.96. The minimum absolute atomic E-state index is 0.903. The summed E-state index contributed by atoms with van der Waals surface area (Å²) in [7, 11) is 0. The maximum Gasteiger partial charge on any atom is 0.0494 e. The van der Waals surface area contributed by atoms with Crippen LogP contribution in [-0.4, -0.2) is 4.98 Å². The largest absolute Gasteiger partial charge is 0.380 e. The van der Waals surface area contributed by atoms with Crippen LogP contribution in [0.15, 0.2) is 42.6 Å². The highest BCUT2D eigenvalue weighted by Gasteiger charge is 2.00. The number of hydrogen-bond donors (Lipinski definition) is 2. The van der Waals surface area contributed by atoms with Gasteiger partial charge in [-0.25, -0.2) is 0 Å². The fourth-order valence-corrected chi connectivity index (χ4v) is 2.96. The molecule has 0 aliphatic carbocycles. The molecule has 3 heteroatoms. The first-order valence-electron chi connectivity index (χ1n) is 6.24. The Morgan fingerprint density at radius 2 is 2.00 bits per heavy atom. The highest BCUT2D eigenvalue weighted by molar-refractivity contribution is 7.12. The van der Waals surface area contributed by atoms with Crippen molar-refractivity contribution in [1.29, 1.82) is 0 Å². The first kappa shape index (κ1) is 11.4. The van der Waals surface area contributed by atoms with Crippen LogP contribution in [-0.2, 0) is 13.0 Å². The number of nitrogens with one attached hydrogen (secondary N) is 2. The number of benzene rings is 1. The van der Waals surface area contributed by atoms with Crippen molar-refractivity contribution in [2.75, 3.05) is 5.32 Å². The summed E-state index contributed by atoms with van der Waals surface area (Å²) in [4.78, 5) is 6.05. The predicted octanol–water partition coefficient (Wildman–Crippen LogP) is 4.40. The van der Waals surface area contributed by atoms with E-state index >= 15 is 0 Å². The fraction of sp³-hybridized carbons (Fsp3) is 0.200. The second-order valence-corrected chi connectivity index (χ2v) is 5.61. The summed E-state index contributed by atoms with van der Waals surface area (Å²) in [6.07, 6.45) is 3.10. The van der Waals surface area contributed by atoms with Gasteiger partial charge >= 0.3 is 0 Å². The normalized spacial score (nSPS) is 10.9. The number of fused-ring (bicyclic) bond motifs is 1. The van der Waals surface area contributed by atoms with E-state index in [1.54, 1.807) is 0 Å². The van der Waals surface area contributed by atoms with Gasteiger partial charge in [-0.05, 0) is 42.8 Å². The van der Waals surface area contributed by atoms with E-state index < -0.39 is 0 Å². The van der Waals surface area contributed by atoms with E-state index in [0.29, 0.717) is 0 Å². The molecule has 0 bridgehead atoms. The molecule has 2 heterocycles. The van der Waals surface area contributed by atoms with Gasteiger partial charge in [0.2, 0.25) is 0 Å². The Morgan fingerprint density at radius 1 is 1.11 bits per heavy atom. The maximum atomic E-state index is 3.48. The Hall–Kier alpha value is -1.74. The Morgan fingerprint density at radius 3 is 2.83 bits per heavy atom. The van der Waals surface area contributed by atoms with E-state index in [-0.39, 0.29) is 0 Å². The van der Waals surface area contributed by atoms with Gasteiger partial charge in [-0.15, -0.1) is 11.3 Å². The highest BCUT2D eigenvalue weighted by Crippen LogP contribution is 2.21. The molecule has 0 saturated carbocycles. The number of aryl methyl sites for hydroxylation is 1. The molecule has 0 spiro atoms. The smallest absolute Gasteiger partial charge is 0.0494 e. The van der Waals surface area contributed by atoms with Gasteiger partial charge in [0.1, 0.15) is 0 Å². The van der Waals surface area contributed by atoms with Crippen LogP contribution in [0.2, 0.25) is 0 Å². The monoisotopic (exact) mass is 256 g/mol. The van der Waals surface area contributed by atoms with Crippen LogP contribution in [0.1, 0.15) is 16.7 Å². The molecule has 0 aliphatic rings. The Balaban J connectivity index is 1.72. The standard InChI is InChI=1S/C15H16N2S/c1-2-13-4-5-14(18-13)10-17-12-3-6-15-11(9-12)7-8-16-15/h3-9,16-17H,2,10H2,1H3. The SMILES string of the molecule is CCc1ccc(CNc2ccc3[nH]ccc3c2)s1. The molecule has 92 valence electrons. The first-order valence-corrected chi connectivity index (χ1v) is 7.05. The third-order valence-corrected chi connectivity index (χ3v) is 4.32. The molecule has 0 saturated heterocycles. The van der Waals surface area contributed by atoms with Crippen LogP contribution in [0.3, 0.4) is 0 Å². The highest BCUT2D eigenvalue weighted by atomic mass is 32.1. The van der Waals surface area contributed by atoms with Crippen LogP contribution in [0, 0.1) is 0 Å². The second kappa shape index (κ2) is 4.86. The zero-order chi connectivity index (χ0) is 12.4. The number of aromatic amines is 1. The van der Waals surface area contributed by atoms with Crippen LogP contribution in [0.5, 0.6) is 0 Å². The number of aromatic nitrogens is 1. The van der Waals surface area contributed by atoms with Crippen molar-refractivity contribution in [3.63, 3.8) is 0 Å². The zero-order valence-corrected chi connectivity index (χ0v) is 11.2. The van der Waals surface area contributed by atoms with Crippen LogP contribution in [0.4, 0.5) is 5.69 Å². The zero-order valence-electron chi connectivity index (χ0n) is 10.4. The fourth-order valence-electron chi connectivity index (χ4n) is 2.06. The van der Waals surface area contributed by atoms with Crippen molar-refractivity contribution < 1.29 is 0 Å². The summed E-state index contributed by atoms with van der Waals surface area (Å²) in [5, 5.41) is 4.73. The van der Waals surface area contributed by atoms with E-state index in [4.69, 9.17) is 0 Å². The molecule has 0 atom stereocenters. The summed E-state index contributed by atoms with van der Waals surface area (Å²) in [6, 6.07) is 12.9. The lowest BCUT2D eigenvalue weighted by Gasteiger charge is -2.04. The summed E-state index contributed by atoms with van der Waals surface area (Å²) >= 11 is 1.89. The lowest BCUT2D eigenvalue weighted by atomic mass is 10.2. The quantitative estimate of drug-likeness (QED) is 0.711. The molecule has 2 N–H and O–H groups in total. The molecular weight excluding hydrogens is 240 g/mol. The molecular formula is C15H16N2S. The van der Waals surface area contributed by atoms with E-state index in [9.17, 15) is 0 Å². The maximum absolute atomic E-state index is 3.48. The Labute approximate surface area is 111 Å². The average molecular weight is 256 g/mol. The molecule has 0 radical (unpaired) electrons. The number of hydrogen-bond acceptors (Lipinski definition) is 2. The van der Waals surface area contributed by atoms with Gasteiger partial charge in [0.15, 0.2) is 0 Å². The molecule has 18 heavy (non-hydrogen) atoms. The van der Waals surface area contributed by atoms with E-state index in [2.05, 4.69) is 53.6 Å². The summed E-state index contributed by atoms with van der Waals surface area (Å²) in [5.41, 5.74) is 2.36. The first-order chi connectivity index (χ1) is 8.85. The average Bonchev–Trinajstić information content (AvgIpc) is 3.04. The molecule has 0 aliphatic heterocycles. The van der Waals surface area contributed by atoms with Gasteiger partial charge < -0.3 is 10.3 Å². The Bertz CT molecular complexity index is 651. The van der Waals surface area contributed by atoms with Crippen molar-refractivity contribution >= 4 is 27.9 Å². The van der Waals surface area contributed by atoms with Gasteiger partial charge in [-0.2, -0.15) is 0 Å². The van der Waals surface area contributed by atoms with Crippen molar-refractivity contribution in [2.24, 2.45) is 0 Å². The van der Waals surface area contributed by atoms with Crippen molar-refractivity contribution in [1.82, 2.24) is 4.98 Å². The van der Waals surface area contributed by atoms with Gasteiger partial charge in [0.05, 0.1) is 0 Å². The number of rotatable bonds is 4. The molecule has 2 aromatic heterocycles. The summed E-state index contributed by atoms with van der Waals surface area (Å²) < 4.78 is 0. The van der Waals surface area contributed by atoms with Gasteiger partial charge in [-0.1, -0.05) is 6.92 Å². The van der Waals surface area contributed by atoms with E-state index in [1.165, 1.54) is 26.3 Å². The lowest BCUT2D eigenvalue weighted by molar-refractivity contribution is 1.19. The summed E-state index contributed by atoms with van der Waals surface area (Å²) in [5.74, 6) is 0. The summed E-state index contributed by atoms with van der Waals surface area (Å²) in [6.45, 7) is 3.10. The molecule has 2 nitrogen and oxygen atoms in total. The number of thiophene rings is 1. The minimum atomic E-state index is 0.903.